The Morgan fingerprint density at radius 2 is 2.19 bits per heavy atom. The number of aromatic carboxylic acids is 1. The first-order valence-electron chi connectivity index (χ1n) is 4.62. The number of ether oxygens (including phenoxy) is 2. The average molecular weight is 220 g/mol. The molecular weight excluding hydrogens is 208 g/mol. The normalized spacial score (nSPS) is 8.88. The van der Waals surface area contributed by atoms with Crippen molar-refractivity contribution < 1.29 is 19.4 Å². The molecule has 0 fully saturated rings. The van der Waals surface area contributed by atoms with Gasteiger partial charge in [0.05, 0.1) is 12.7 Å². The van der Waals surface area contributed by atoms with Crippen LogP contribution < -0.4 is 9.47 Å². The summed E-state index contributed by atoms with van der Waals surface area (Å²) in [5.74, 6) is 5.27. The second-order valence-electron chi connectivity index (χ2n) is 2.89. The van der Waals surface area contributed by atoms with Crippen LogP contribution >= 0.6 is 0 Å². The standard InChI is InChI=1S/C12H12O4/c1-3-4-7-16-11-8-9(12(13)14)5-6-10(11)15-2/h5-6,8H,7H2,1-2H3,(H,13,14). The SMILES string of the molecule is CC#CCOc1cc(C(=O)O)ccc1OC. The van der Waals surface area contributed by atoms with Crippen LogP contribution in [0.2, 0.25) is 0 Å². The molecule has 1 aromatic carbocycles. The van der Waals surface area contributed by atoms with E-state index in [-0.39, 0.29) is 12.2 Å². The number of methoxy groups -OCH3 is 1. The summed E-state index contributed by atoms with van der Waals surface area (Å²) >= 11 is 0. The molecule has 0 saturated carbocycles. The van der Waals surface area contributed by atoms with Crippen molar-refractivity contribution in [1.29, 1.82) is 0 Å². The quantitative estimate of drug-likeness (QED) is 0.786. The lowest BCUT2D eigenvalue weighted by Gasteiger charge is -2.08. The molecular formula is C12H12O4. The molecule has 0 aromatic heterocycles. The monoisotopic (exact) mass is 220 g/mol. The molecule has 16 heavy (non-hydrogen) atoms. The number of hydrogen-bond acceptors (Lipinski definition) is 3. The largest absolute Gasteiger partial charge is 0.493 e. The van der Waals surface area contributed by atoms with Crippen molar-refractivity contribution in [1.82, 2.24) is 0 Å². The van der Waals surface area contributed by atoms with E-state index in [4.69, 9.17) is 14.6 Å². The summed E-state index contributed by atoms with van der Waals surface area (Å²) in [7, 11) is 1.49. The fourth-order valence-electron chi connectivity index (χ4n) is 1.11. The smallest absolute Gasteiger partial charge is 0.335 e. The number of carbonyl (C=O) groups is 1. The summed E-state index contributed by atoms with van der Waals surface area (Å²) in [4.78, 5) is 10.8. The average Bonchev–Trinajstić information content (AvgIpc) is 2.29. The molecule has 1 rings (SSSR count). The highest BCUT2D eigenvalue weighted by Gasteiger charge is 2.09. The fraction of sp³-hybridized carbons (Fsp3) is 0.250. The molecule has 0 spiro atoms. The Morgan fingerprint density at radius 1 is 1.44 bits per heavy atom. The van der Waals surface area contributed by atoms with Crippen LogP contribution in [0, 0.1) is 11.8 Å². The zero-order chi connectivity index (χ0) is 12.0. The molecule has 1 N–H and O–H groups in total. The second kappa shape index (κ2) is 5.66. The van der Waals surface area contributed by atoms with Gasteiger partial charge in [0, 0.05) is 0 Å². The minimum absolute atomic E-state index is 0.153. The summed E-state index contributed by atoms with van der Waals surface area (Å²) in [6.07, 6.45) is 0. The molecule has 84 valence electrons. The fourth-order valence-corrected chi connectivity index (χ4v) is 1.11. The van der Waals surface area contributed by atoms with Crippen LogP contribution in [0.1, 0.15) is 17.3 Å². The third-order valence-electron chi connectivity index (χ3n) is 1.89. The molecule has 0 atom stereocenters. The summed E-state index contributed by atoms with van der Waals surface area (Å²) in [6, 6.07) is 4.43. The lowest BCUT2D eigenvalue weighted by atomic mass is 10.2. The first kappa shape index (κ1) is 11.9. The highest BCUT2D eigenvalue weighted by Crippen LogP contribution is 2.27. The van der Waals surface area contributed by atoms with Crippen molar-refractivity contribution >= 4 is 5.97 Å². The van der Waals surface area contributed by atoms with Gasteiger partial charge in [-0.2, -0.15) is 0 Å². The minimum atomic E-state index is -1.01. The summed E-state index contributed by atoms with van der Waals surface area (Å²) in [5.41, 5.74) is 0.153. The van der Waals surface area contributed by atoms with E-state index in [1.54, 1.807) is 13.0 Å². The maximum atomic E-state index is 10.8. The van der Waals surface area contributed by atoms with E-state index < -0.39 is 5.97 Å². The molecule has 0 aliphatic rings. The highest BCUT2D eigenvalue weighted by atomic mass is 16.5. The van der Waals surface area contributed by atoms with E-state index in [1.165, 1.54) is 19.2 Å². The van der Waals surface area contributed by atoms with Crippen LogP contribution in [-0.4, -0.2) is 24.8 Å². The molecule has 0 radical (unpaired) electrons. The molecule has 4 heteroatoms. The molecule has 0 aliphatic carbocycles. The predicted octanol–water partition coefficient (Wildman–Crippen LogP) is 1.80. The van der Waals surface area contributed by atoms with Gasteiger partial charge in [-0.15, -0.1) is 5.92 Å². The first-order valence-corrected chi connectivity index (χ1v) is 4.62. The Kier molecular flexibility index (Phi) is 4.22. The van der Waals surface area contributed by atoms with E-state index >= 15 is 0 Å². The third kappa shape index (κ3) is 2.92. The van der Waals surface area contributed by atoms with Gasteiger partial charge in [0.15, 0.2) is 11.5 Å². The van der Waals surface area contributed by atoms with E-state index in [9.17, 15) is 4.79 Å². The zero-order valence-corrected chi connectivity index (χ0v) is 9.11. The van der Waals surface area contributed by atoms with Crippen LogP contribution in [0.4, 0.5) is 0 Å². The Labute approximate surface area is 93.8 Å². The number of benzene rings is 1. The Bertz CT molecular complexity index is 440. The first-order chi connectivity index (χ1) is 7.69. The van der Waals surface area contributed by atoms with Crippen LogP contribution in [0.3, 0.4) is 0 Å². The van der Waals surface area contributed by atoms with Crippen LogP contribution in [-0.2, 0) is 0 Å². The second-order valence-corrected chi connectivity index (χ2v) is 2.89. The number of carboxylic acid groups (broad SMARTS) is 1. The van der Waals surface area contributed by atoms with E-state index in [0.29, 0.717) is 11.5 Å². The van der Waals surface area contributed by atoms with Gasteiger partial charge < -0.3 is 14.6 Å². The molecule has 4 nitrogen and oxygen atoms in total. The third-order valence-corrected chi connectivity index (χ3v) is 1.89. The number of hydrogen-bond donors (Lipinski definition) is 1. The Hall–Kier alpha value is -2.15. The van der Waals surface area contributed by atoms with Crippen molar-refractivity contribution in [3.05, 3.63) is 23.8 Å². The topological polar surface area (TPSA) is 55.8 Å². The zero-order valence-electron chi connectivity index (χ0n) is 9.11. The Morgan fingerprint density at radius 3 is 2.75 bits per heavy atom. The van der Waals surface area contributed by atoms with Gasteiger partial charge in [0.1, 0.15) is 6.61 Å². The van der Waals surface area contributed by atoms with Gasteiger partial charge in [-0.1, -0.05) is 5.92 Å². The molecule has 0 amide bonds. The maximum Gasteiger partial charge on any atom is 0.335 e. The lowest BCUT2D eigenvalue weighted by Crippen LogP contribution is -2.01. The summed E-state index contributed by atoms with van der Waals surface area (Å²) in [5, 5.41) is 8.82. The molecule has 0 saturated heterocycles. The van der Waals surface area contributed by atoms with Crippen LogP contribution in [0.15, 0.2) is 18.2 Å². The molecule has 1 aromatic rings. The van der Waals surface area contributed by atoms with Gasteiger partial charge in [-0.25, -0.2) is 4.79 Å². The van der Waals surface area contributed by atoms with Gasteiger partial charge in [-0.05, 0) is 25.1 Å². The molecule has 0 aliphatic heterocycles. The van der Waals surface area contributed by atoms with E-state index in [1.807, 2.05) is 0 Å². The highest BCUT2D eigenvalue weighted by molar-refractivity contribution is 5.88. The van der Waals surface area contributed by atoms with Gasteiger partial charge in [0.2, 0.25) is 0 Å². The van der Waals surface area contributed by atoms with E-state index in [2.05, 4.69) is 11.8 Å². The van der Waals surface area contributed by atoms with Crippen molar-refractivity contribution in [2.45, 2.75) is 6.92 Å². The van der Waals surface area contributed by atoms with Crippen LogP contribution in [0.25, 0.3) is 0 Å². The summed E-state index contributed by atoms with van der Waals surface area (Å²) in [6.45, 7) is 1.91. The van der Waals surface area contributed by atoms with Gasteiger partial charge in [-0.3, -0.25) is 0 Å². The number of carboxylic acids is 1. The molecule has 0 heterocycles. The van der Waals surface area contributed by atoms with Crippen LogP contribution in [0.5, 0.6) is 11.5 Å². The molecule has 0 bridgehead atoms. The van der Waals surface area contributed by atoms with E-state index in [0.717, 1.165) is 0 Å². The molecule has 0 unspecified atom stereocenters. The lowest BCUT2D eigenvalue weighted by molar-refractivity contribution is 0.0696. The maximum absolute atomic E-state index is 10.8. The van der Waals surface area contributed by atoms with Crippen molar-refractivity contribution in [2.75, 3.05) is 13.7 Å². The van der Waals surface area contributed by atoms with Gasteiger partial charge >= 0.3 is 5.97 Å². The summed E-state index contributed by atoms with van der Waals surface area (Å²) < 4.78 is 10.3. The number of rotatable bonds is 4. The van der Waals surface area contributed by atoms with Crippen molar-refractivity contribution in [2.24, 2.45) is 0 Å². The van der Waals surface area contributed by atoms with Crippen molar-refractivity contribution in [3.8, 4) is 23.3 Å². The minimum Gasteiger partial charge on any atom is -0.493 e. The Balaban J connectivity index is 2.95. The van der Waals surface area contributed by atoms with Gasteiger partial charge in [0.25, 0.3) is 0 Å². The predicted molar refractivity (Wildman–Crippen MR) is 58.9 cm³/mol. The van der Waals surface area contributed by atoms with Crippen molar-refractivity contribution in [3.63, 3.8) is 0 Å².